The molecule has 3 aromatic carbocycles. The van der Waals surface area contributed by atoms with Crippen LogP contribution in [0.25, 0.3) is 0 Å². The van der Waals surface area contributed by atoms with E-state index in [9.17, 15) is 18.0 Å². The molecule has 1 unspecified atom stereocenters. The van der Waals surface area contributed by atoms with E-state index in [4.69, 9.17) is 4.74 Å². The smallest absolute Gasteiger partial charge is 0.261 e. The van der Waals surface area contributed by atoms with Gasteiger partial charge in [-0.25, -0.2) is 8.42 Å². The lowest BCUT2D eigenvalue weighted by molar-refractivity contribution is -0.131. The molecule has 0 saturated carbocycles. The number of anilines is 1. The second-order valence-electron chi connectivity index (χ2n) is 8.04. The summed E-state index contributed by atoms with van der Waals surface area (Å²) in [7, 11) is -2.36. The number of rotatable bonds is 8. The van der Waals surface area contributed by atoms with Crippen molar-refractivity contribution in [1.29, 1.82) is 0 Å². The van der Waals surface area contributed by atoms with Gasteiger partial charge in [0, 0.05) is 31.1 Å². The van der Waals surface area contributed by atoms with Crippen molar-refractivity contribution in [3.8, 4) is 5.75 Å². The van der Waals surface area contributed by atoms with Gasteiger partial charge in [0.15, 0.2) is 5.78 Å². The fourth-order valence-corrected chi connectivity index (χ4v) is 4.82. The van der Waals surface area contributed by atoms with E-state index in [1.165, 1.54) is 29.3 Å². The van der Waals surface area contributed by atoms with Crippen LogP contribution in [-0.4, -0.2) is 44.9 Å². The Bertz CT molecular complexity index is 1370. The van der Waals surface area contributed by atoms with Gasteiger partial charge >= 0.3 is 0 Å². The Hall–Kier alpha value is -3.98. The highest BCUT2D eigenvalue weighted by Gasteiger charge is 2.33. The number of sulfonamides is 1. The summed E-state index contributed by atoms with van der Waals surface area (Å²) in [6, 6.07) is 20.0. The Morgan fingerprint density at radius 3 is 2.46 bits per heavy atom. The maximum atomic E-state index is 13.2. The van der Waals surface area contributed by atoms with E-state index in [2.05, 4.69) is 9.71 Å². The lowest BCUT2D eigenvalue weighted by Crippen LogP contribution is -2.38. The first-order valence-corrected chi connectivity index (χ1v) is 12.5. The van der Waals surface area contributed by atoms with Crippen molar-refractivity contribution in [2.75, 3.05) is 18.4 Å². The minimum Gasteiger partial charge on any atom is -0.494 e. The molecule has 0 fully saturated rings. The molecule has 1 amide bonds. The maximum absolute atomic E-state index is 13.2. The van der Waals surface area contributed by atoms with Crippen LogP contribution in [0.2, 0.25) is 0 Å². The normalized spacial score (nSPS) is 14.8. The van der Waals surface area contributed by atoms with E-state index in [0.29, 0.717) is 30.3 Å². The average molecular weight is 492 g/mol. The molecule has 0 aromatic heterocycles. The number of aliphatic imine (C=N–C) groups is 1. The van der Waals surface area contributed by atoms with Crippen LogP contribution in [0.3, 0.4) is 0 Å². The number of hydrogen-bond acceptors (Lipinski definition) is 6. The van der Waals surface area contributed by atoms with Crippen LogP contribution in [0, 0.1) is 5.92 Å². The molecule has 1 heterocycles. The van der Waals surface area contributed by atoms with Crippen LogP contribution in [0.15, 0.2) is 82.7 Å². The zero-order chi connectivity index (χ0) is 25.0. The molecule has 1 aliphatic heterocycles. The van der Waals surface area contributed by atoms with Crippen LogP contribution < -0.4 is 9.46 Å². The third-order valence-electron chi connectivity index (χ3n) is 5.51. The number of carbonyl (C=O) groups is 2. The molecule has 3 aromatic rings. The summed E-state index contributed by atoms with van der Waals surface area (Å²) >= 11 is 0. The number of ether oxygens (including phenoxy) is 1. The van der Waals surface area contributed by atoms with Gasteiger partial charge in [-0.2, -0.15) is 0 Å². The van der Waals surface area contributed by atoms with Crippen molar-refractivity contribution in [1.82, 2.24) is 4.90 Å². The highest BCUT2D eigenvalue weighted by Crippen LogP contribution is 2.30. The van der Waals surface area contributed by atoms with E-state index in [1.807, 2.05) is 37.3 Å². The fourth-order valence-electron chi connectivity index (χ4n) is 3.73. The number of hydrogen-bond donors (Lipinski definition) is 1. The van der Waals surface area contributed by atoms with Crippen molar-refractivity contribution in [2.45, 2.75) is 18.4 Å². The van der Waals surface area contributed by atoms with Crippen LogP contribution in [0.4, 0.5) is 11.4 Å². The molecule has 0 aliphatic carbocycles. The lowest BCUT2D eigenvalue weighted by Gasteiger charge is -2.23. The van der Waals surface area contributed by atoms with Crippen molar-refractivity contribution in [3.63, 3.8) is 0 Å². The molecule has 0 radical (unpaired) electrons. The Morgan fingerprint density at radius 2 is 1.77 bits per heavy atom. The first kappa shape index (κ1) is 24.2. The molecule has 9 heteroatoms. The molecule has 1 N–H and O–H groups in total. The second kappa shape index (κ2) is 10.1. The Morgan fingerprint density at radius 1 is 1.06 bits per heavy atom. The molecule has 8 nitrogen and oxygen atoms in total. The second-order valence-corrected chi connectivity index (χ2v) is 9.72. The zero-order valence-corrected chi connectivity index (χ0v) is 20.2. The predicted molar refractivity (Wildman–Crippen MR) is 134 cm³/mol. The van der Waals surface area contributed by atoms with Gasteiger partial charge in [0.25, 0.3) is 10.0 Å². The molecule has 180 valence electrons. The highest BCUT2D eigenvalue weighted by molar-refractivity contribution is 7.92. The van der Waals surface area contributed by atoms with E-state index < -0.39 is 27.6 Å². The third-order valence-corrected chi connectivity index (χ3v) is 6.89. The first-order valence-electron chi connectivity index (χ1n) is 11.1. The number of nitrogens with one attached hydrogen (secondary N) is 1. The van der Waals surface area contributed by atoms with Gasteiger partial charge in [0.1, 0.15) is 11.7 Å². The molecular weight excluding hydrogens is 466 g/mol. The van der Waals surface area contributed by atoms with E-state index in [-0.39, 0.29) is 10.5 Å². The number of nitrogens with zero attached hydrogens (tertiary/aromatic N) is 2. The molecule has 1 atom stereocenters. The third kappa shape index (κ3) is 5.41. The number of fused-ring (bicyclic) bond motifs is 1. The summed E-state index contributed by atoms with van der Waals surface area (Å²) in [5, 5.41) is 0. The van der Waals surface area contributed by atoms with E-state index >= 15 is 0 Å². The Labute approximate surface area is 204 Å². The number of ketones is 1. The highest BCUT2D eigenvalue weighted by atomic mass is 32.2. The monoisotopic (exact) mass is 491 g/mol. The van der Waals surface area contributed by atoms with Crippen LogP contribution in [-0.2, 0) is 21.4 Å². The minimum atomic E-state index is -3.98. The van der Waals surface area contributed by atoms with Crippen molar-refractivity contribution in [2.24, 2.45) is 10.9 Å². The molecule has 0 spiro atoms. The summed E-state index contributed by atoms with van der Waals surface area (Å²) in [6.07, 6.45) is 1.32. The minimum absolute atomic E-state index is 0.0912. The molecule has 0 bridgehead atoms. The summed E-state index contributed by atoms with van der Waals surface area (Å²) in [6.45, 7) is 2.70. The largest absolute Gasteiger partial charge is 0.494 e. The van der Waals surface area contributed by atoms with Gasteiger partial charge in [-0.1, -0.05) is 30.3 Å². The van der Waals surface area contributed by atoms with Crippen LogP contribution in [0.1, 0.15) is 22.8 Å². The SMILES string of the molecule is CCOc1ccc(NS(=O)(=O)c2ccc3c(c2)C(=O)C(C(=O)N(C)Cc2ccccc2)C=N3)cc1. The quantitative estimate of drug-likeness (QED) is 0.479. The molecule has 1 aliphatic rings. The predicted octanol–water partition coefficient (Wildman–Crippen LogP) is 4.06. The van der Waals surface area contributed by atoms with Gasteiger partial charge in [-0.3, -0.25) is 19.3 Å². The summed E-state index contributed by atoms with van der Waals surface area (Å²) in [5.41, 5.74) is 1.70. The summed E-state index contributed by atoms with van der Waals surface area (Å²) in [4.78, 5) is 31.8. The van der Waals surface area contributed by atoms with E-state index in [1.54, 1.807) is 31.3 Å². The standard InChI is InChI=1S/C26H25N3O5S/c1-3-34-20-11-9-19(10-12-20)28-35(32,33)21-13-14-24-22(15-21)25(30)23(16-27-24)26(31)29(2)17-18-7-5-4-6-8-18/h4-16,23,28H,3,17H2,1-2H3. The number of Topliss-reactive ketones (excluding diaryl/α,β-unsaturated/α-hetero) is 1. The van der Waals surface area contributed by atoms with Crippen molar-refractivity contribution in [3.05, 3.63) is 83.9 Å². The van der Waals surface area contributed by atoms with Crippen LogP contribution >= 0.6 is 0 Å². The summed E-state index contributed by atoms with van der Waals surface area (Å²) in [5.74, 6) is -1.39. The van der Waals surface area contributed by atoms with Crippen LogP contribution in [0.5, 0.6) is 5.75 Å². The topological polar surface area (TPSA) is 105 Å². The maximum Gasteiger partial charge on any atom is 0.261 e. The number of amides is 1. The van der Waals surface area contributed by atoms with Gasteiger partial charge in [-0.15, -0.1) is 0 Å². The van der Waals surface area contributed by atoms with Gasteiger partial charge in [0.05, 0.1) is 17.2 Å². The van der Waals surface area contributed by atoms with Gasteiger partial charge < -0.3 is 9.64 Å². The van der Waals surface area contributed by atoms with Crippen molar-refractivity contribution < 1.29 is 22.7 Å². The number of carbonyl (C=O) groups excluding carboxylic acids is 2. The summed E-state index contributed by atoms with van der Waals surface area (Å²) < 4.78 is 33.8. The molecule has 4 rings (SSSR count). The average Bonchev–Trinajstić information content (AvgIpc) is 2.85. The molecule has 35 heavy (non-hydrogen) atoms. The van der Waals surface area contributed by atoms with E-state index in [0.717, 1.165) is 5.56 Å². The lowest BCUT2D eigenvalue weighted by atomic mass is 9.93. The molecule has 0 saturated heterocycles. The zero-order valence-electron chi connectivity index (χ0n) is 19.3. The van der Waals surface area contributed by atoms with Gasteiger partial charge in [0.2, 0.25) is 5.91 Å². The van der Waals surface area contributed by atoms with Gasteiger partial charge in [-0.05, 0) is 55.0 Å². The van der Waals surface area contributed by atoms with Crippen molar-refractivity contribution >= 4 is 39.3 Å². The molecular formula is C26H25N3O5S. The first-order chi connectivity index (χ1) is 16.8. The Balaban J connectivity index is 1.53. The Kier molecular flexibility index (Phi) is 6.97. The number of benzene rings is 3. The fraction of sp³-hybridized carbons (Fsp3) is 0.192.